The Morgan fingerprint density at radius 3 is 3.11 bits per heavy atom. The second-order valence-corrected chi connectivity index (χ2v) is 5.54. The molecule has 0 saturated heterocycles. The summed E-state index contributed by atoms with van der Waals surface area (Å²) in [5, 5.41) is 8.93. The van der Waals surface area contributed by atoms with Gasteiger partial charge in [-0.25, -0.2) is 0 Å². The van der Waals surface area contributed by atoms with Gasteiger partial charge < -0.3 is 14.7 Å². The molecular weight excluding hydrogens is 242 g/mol. The number of fused-ring (bicyclic) bond motifs is 3. The van der Waals surface area contributed by atoms with E-state index in [2.05, 4.69) is 18.0 Å². The third-order valence-electron chi connectivity index (χ3n) is 4.13. The molecule has 0 radical (unpaired) electrons. The summed E-state index contributed by atoms with van der Waals surface area (Å²) in [5.41, 5.74) is 3.88. The fraction of sp³-hybridized carbons (Fsp3) is 0.533. The van der Waals surface area contributed by atoms with E-state index in [0.29, 0.717) is 6.61 Å². The van der Waals surface area contributed by atoms with Crippen LogP contribution in [0.5, 0.6) is 5.75 Å². The monoisotopic (exact) mass is 261 g/mol. The van der Waals surface area contributed by atoms with Crippen LogP contribution in [-0.2, 0) is 17.6 Å². The average molecular weight is 261 g/mol. The third-order valence-corrected chi connectivity index (χ3v) is 4.13. The molecule has 1 atom stereocenters. The van der Waals surface area contributed by atoms with E-state index in [4.69, 9.17) is 9.84 Å². The van der Waals surface area contributed by atoms with Gasteiger partial charge in [0.1, 0.15) is 5.75 Å². The highest BCUT2D eigenvalue weighted by Gasteiger charge is 2.27. The lowest BCUT2D eigenvalue weighted by atomic mass is 9.87. The molecule has 3 rings (SSSR count). The zero-order chi connectivity index (χ0) is 13.4. The van der Waals surface area contributed by atoms with Gasteiger partial charge in [-0.15, -0.1) is 0 Å². The van der Waals surface area contributed by atoms with E-state index in [1.807, 2.05) is 6.07 Å². The number of carbonyl (C=O) groups is 1. The molecule has 0 bridgehead atoms. The van der Waals surface area contributed by atoms with Crippen molar-refractivity contribution in [1.29, 1.82) is 0 Å². The van der Waals surface area contributed by atoms with Crippen LogP contribution in [0.1, 0.15) is 24.0 Å². The normalized spacial score (nSPS) is 21.3. The number of benzene rings is 1. The van der Waals surface area contributed by atoms with Gasteiger partial charge >= 0.3 is 5.97 Å². The van der Waals surface area contributed by atoms with Crippen LogP contribution in [0.25, 0.3) is 0 Å². The first-order valence-electron chi connectivity index (χ1n) is 6.85. The maximum Gasteiger partial charge on any atom is 0.303 e. The van der Waals surface area contributed by atoms with Crippen LogP contribution in [-0.4, -0.2) is 31.3 Å². The molecule has 4 nitrogen and oxygen atoms in total. The molecular formula is C15H19NO3. The predicted molar refractivity (Wildman–Crippen MR) is 73.0 cm³/mol. The summed E-state index contributed by atoms with van der Waals surface area (Å²) in [5.74, 6) is 0.318. The third kappa shape index (κ3) is 2.27. The second kappa shape index (κ2) is 4.76. The van der Waals surface area contributed by atoms with Crippen molar-refractivity contribution in [3.63, 3.8) is 0 Å². The van der Waals surface area contributed by atoms with Gasteiger partial charge in [0.15, 0.2) is 0 Å². The maximum absolute atomic E-state index is 10.9. The topological polar surface area (TPSA) is 49.8 Å². The summed E-state index contributed by atoms with van der Waals surface area (Å²) in [4.78, 5) is 13.1. The Morgan fingerprint density at radius 2 is 2.32 bits per heavy atom. The molecule has 1 aromatic carbocycles. The summed E-state index contributed by atoms with van der Waals surface area (Å²) in [7, 11) is 2.11. The minimum atomic E-state index is -0.737. The standard InChI is InChI=1S/C15H19NO3/c1-16-6-2-3-11-12-7-10(8-15(17)18)9-19-14(12)5-4-13(11)16/h4-5,10H,2-3,6-9H2,1H3,(H,17,18). The molecule has 4 heteroatoms. The highest BCUT2D eigenvalue weighted by molar-refractivity contribution is 5.67. The van der Waals surface area contributed by atoms with Crippen molar-refractivity contribution in [3.05, 3.63) is 23.3 Å². The lowest BCUT2D eigenvalue weighted by Gasteiger charge is -2.33. The molecule has 0 amide bonds. The van der Waals surface area contributed by atoms with Gasteiger partial charge in [0.05, 0.1) is 13.0 Å². The van der Waals surface area contributed by atoms with E-state index in [1.165, 1.54) is 16.8 Å². The number of carboxylic acid groups (broad SMARTS) is 1. The van der Waals surface area contributed by atoms with Crippen LogP contribution in [0.15, 0.2) is 12.1 Å². The zero-order valence-corrected chi connectivity index (χ0v) is 11.2. The largest absolute Gasteiger partial charge is 0.493 e. The van der Waals surface area contributed by atoms with E-state index >= 15 is 0 Å². The molecule has 0 aliphatic carbocycles. The molecule has 1 unspecified atom stereocenters. The van der Waals surface area contributed by atoms with Crippen LogP contribution in [0.4, 0.5) is 5.69 Å². The Kier molecular flexibility index (Phi) is 3.09. The molecule has 0 saturated carbocycles. The summed E-state index contributed by atoms with van der Waals surface area (Å²) in [6, 6.07) is 4.16. The van der Waals surface area contributed by atoms with E-state index in [0.717, 1.165) is 31.6 Å². The van der Waals surface area contributed by atoms with E-state index in [1.54, 1.807) is 0 Å². The summed E-state index contributed by atoms with van der Waals surface area (Å²) in [6.07, 6.45) is 3.26. The summed E-state index contributed by atoms with van der Waals surface area (Å²) >= 11 is 0. The van der Waals surface area contributed by atoms with Gasteiger partial charge in [-0.05, 0) is 42.5 Å². The fourth-order valence-corrected chi connectivity index (χ4v) is 3.20. The van der Waals surface area contributed by atoms with E-state index < -0.39 is 5.97 Å². The highest BCUT2D eigenvalue weighted by atomic mass is 16.5. The van der Waals surface area contributed by atoms with Crippen molar-refractivity contribution in [3.8, 4) is 5.75 Å². The van der Waals surface area contributed by atoms with Crippen molar-refractivity contribution in [2.75, 3.05) is 25.1 Å². The Morgan fingerprint density at radius 1 is 1.47 bits per heavy atom. The second-order valence-electron chi connectivity index (χ2n) is 5.54. The van der Waals surface area contributed by atoms with Crippen molar-refractivity contribution < 1.29 is 14.6 Å². The lowest BCUT2D eigenvalue weighted by Crippen LogP contribution is -2.29. The quantitative estimate of drug-likeness (QED) is 0.885. The number of aliphatic carboxylic acids is 1. The molecule has 2 heterocycles. The molecule has 102 valence electrons. The van der Waals surface area contributed by atoms with Gasteiger partial charge in [0.2, 0.25) is 0 Å². The number of nitrogens with zero attached hydrogens (tertiary/aromatic N) is 1. The Hall–Kier alpha value is -1.71. The average Bonchev–Trinajstić information content (AvgIpc) is 2.38. The first kappa shape index (κ1) is 12.3. The molecule has 1 aromatic rings. The number of anilines is 1. The number of hydrogen-bond acceptors (Lipinski definition) is 3. The molecule has 0 aromatic heterocycles. The van der Waals surface area contributed by atoms with Crippen LogP contribution in [0.2, 0.25) is 0 Å². The highest BCUT2D eigenvalue weighted by Crippen LogP contribution is 2.38. The number of carboxylic acids is 1. The molecule has 19 heavy (non-hydrogen) atoms. The van der Waals surface area contributed by atoms with Gasteiger partial charge in [0.25, 0.3) is 0 Å². The lowest BCUT2D eigenvalue weighted by molar-refractivity contribution is -0.138. The first-order chi connectivity index (χ1) is 9.15. The molecule has 0 spiro atoms. The fourth-order valence-electron chi connectivity index (χ4n) is 3.20. The van der Waals surface area contributed by atoms with E-state index in [-0.39, 0.29) is 12.3 Å². The SMILES string of the molecule is CN1CCCc2c1ccc1c2CC(CC(=O)O)CO1. The molecule has 2 aliphatic heterocycles. The van der Waals surface area contributed by atoms with Crippen molar-refractivity contribution >= 4 is 11.7 Å². The van der Waals surface area contributed by atoms with Crippen LogP contribution in [0.3, 0.4) is 0 Å². The van der Waals surface area contributed by atoms with Crippen LogP contribution in [0, 0.1) is 5.92 Å². The smallest absolute Gasteiger partial charge is 0.303 e. The molecule has 1 N–H and O–H groups in total. The molecule has 0 fully saturated rings. The van der Waals surface area contributed by atoms with Crippen molar-refractivity contribution in [2.24, 2.45) is 5.92 Å². The van der Waals surface area contributed by atoms with Gasteiger partial charge in [0, 0.05) is 25.2 Å². The zero-order valence-electron chi connectivity index (χ0n) is 11.2. The van der Waals surface area contributed by atoms with Crippen LogP contribution >= 0.6 is 0 Å². The minimum absolute atomic E-state index is 0.101. The number of rotatable bonds is 2. The maximum atomic E-state index is 10.9. The Balaban J connectivity index is 1.93. The van der Waals surface area contributed by atoms with Crippen molar-refractivity contribution in [2.45, 2.75) is 25.7 Å². The summed E-state index contributed by atoms with van der Waals surface area (Å²) in [6.45, 7) is 1.61. The minimum Gasteiger partial charge on any atom is -0.493 e. The Bertz CT molecular complexity index is 512. The van der Waals surface area contributed by atoms with Gasteiger partial charge in [-0.2, -0.15) is 0 Å². The van der Waals surface area contributed by atoms with Gasteiger partial charge in [-0.1, -0.05) is 0 Å². The Labute approximate surface area is 113 Å². The van der Waals surface area contributed by atoms with Crippen LogP contribution < -0.4 is 9.64 Å². The predicted octanol–water partition coefficient (Wildman–Crippen LogP) is 2.09. The van der Waals surface area contributed by atoms with Gasteiger partial charge in [-0.3, -0.25) is 4.79 Å². The first-order valence-corrected chi connectivity index (χ1v) is 6.85. The van der Waals surface area contributed by atoms with Crippen molar-refractivity contribution in [1.82, 2.24) is 0 Å². The summed E-state index contributed by atoms with van der Waals surface area (Å²) < 4.78 is 5.76. The number of hydrogen-bond donors (Lipinski definition) is 1. The molecule has 2 aliphatic rings. The number of ether oxygens (including phenoxy) is 1. The van der Waals surface area contributed by atoms with E-state index in [9.17, 15) is 4.79 Å².